The zero-order chi connectivity index (χ0) is 17.2. The lowest BCUT2D eigenvalue weighted by molar-refractivity contribution is 0.631. The highest BCUT2D eigenvalue weighted by Gasteiger charge is 2.11. The van der Waals surface area contributed by atoms with E-state index < -0.39 is 0 Å². The van der Waals surface area contributed by atoms with Gasteiger partial charge in [-0.2, -0.15) is 0 Å². The van der Waals surface area contributed by atoms with Crippen molar-refractivity contribution in [3.05, 3.63) is 78.9 Å². The van der Waals surface area contributed by atoms with Gasteiger partial charge in [0, 0.05) is 29.0 Å². The van der Waals surface area contributed by atoms with Gasteiger partial charge in [-0.05, 0) is 30.3 Å². The fourth-order valence-electron chi connectivity index (χ4n) is 2.84. The number of halogens is 1. The van der Waals surface area contributed by atoms with Gasteiger partial charge in [0.25, 0.3) is 0 Å². The lowest BCUT2D eigenvalue weighted by Crippen LogP contribution is -2.04. The van der Waals surface area contributed by atoms with Crippen molar-refractivity contribution in [2.24, 2.45) is 0 Å². The van der Waals surface area contributed by atoms with E-state index in [2.05, 4.69) is 15.3 Å². The number of benzene rings is 2. The van der Waals surface area contributed by atoms with Gasteiger partial charge in [-0.3, -0.25) is 4.98 Å². The minimum absolute atomic E-state index is 0.275. The standard InChI is InChI=1S/C20H15BFN3/c21-13-5-6-17(22)16(11-13)20-12-19(24-14-7-9-23-10-8-14)15-3-1-2-4-18(15)25-20/h1-12H,21H2,(H,23,24,25). The summed E-state index contributed by atoms with van der Waals surface area (Å²) in [5.74, 6) is -0.275. The molecule has 0 unspecified atom stereocenters. The zero-order valence-electron chi connectivity index (χ0n) is 13.7. The second-order valence-corrected chi connectivity index (χ2v) is 5.92. The molecule has 0 saturated carbocycles. The fourth-order valence-corrected chi connectivity index (χ4v) is 2.84. The number of aromatic nitrogens is 2. The molecule has 25 heavy (non-hydrogen) atoms. The number of pyridine rings is 2. The summed E-state index contributed by atoms with van der Waals surface area (Å²) in [4.78, 5) is 8.69. The number of nitrogens with one attached hydrogen (secondary N) is 1. The van der Waals surface area contributed by atoms with Crippen LogP contribution in [0.15, 0.2) is 73.1 Å². The topological polar surface area (TPSA) is 37.8 Å². The Morgan fingerprint density at radius 3 is 2.56 bits per heavy atom. The summed E-state index contributed by atoms with van der Waals surface area (Å²) in [5, 5.41) is 4.37. The maximum atomic E-state index is 14.3. The molecular formula is C20H15BFN3. The Hall–Kier alpha value is -3.21. The Balaban J connectivity index is 1.91. The highest BCUT2D eigenvalue weighted by Crippen LogP contribution is 2.31. The average molecular weight is 327 g/mol. The third-order valence-corrected chi connectivity index (χ3v) is 4.07. The molecule has 4 aromatic rings. The normalized spacial score (nSPS) is 10.8. The highest BCUT2D eigenvalue weighted by atomic mass is 19.1. The molecule has 1 N–H and O–H groups in total. The largest absolute Gasteiger partial charge is 0.355 e. The summed E-state index contributed by atoms with van der Waals surface area (Å²) >= 11 is 0. The summed E-state index contributed by atoms with van der Waals surface area (Å²) in [6.45, 7) is 0. The van der Waals surface area contributed by atoms with Crippen molar-refractivity contribution in [1.29, 1.82) is 0 Å². The molecule has 0 fully saturated rings. The van der Waals surface area contributed by atoms with Gasteiger partial charge in [-0.1, -0.05) is 35.8 Å². The SMILES string of the molecule is Bc1ccc(F)c(-c2cc(Nc3ccncc3)c3ccccc3n2)c1. The Labute approximate surface area is 146 Å². The number of rotatable bonds is 3. The Morgan fingerprint density at radius 1 is 0.920 bits per heavy atom. The minimum atomic E-state index is -0.275. The number of hydrogen-bond acceptors (Lipinski definition) is 3. The lowest BCUT2D eigenvalue weighted by atomic mass is 9.93. The second kappa shape index (κ2) is 6.36. The van der Waals surface area contributed by atoms with Crippen molar-refractivity contribution >= 4 is 35.6 Å². The molecule has 5 heteroatoms. The highest BCUT2D eigenvalue weighted by molar-refractivity contribution is 6.32. The van der Waals surface area contributed by atoms with Gasteiger partial charge in [-0.25, -0.2) is 9.37 Å². The second-order valence-electron chi connectivity index (χ2n) is 5.92. The van der Waals surface area contributed by atoms with Crippen molar-refractivity contribution in [2.45, 2.75) is 0 Å². The molecule has 2 aromatic carbocycles. The van der Waals surface area contributed by atoms with Crippen LogP contribution in [0.1, 0.15) is 0 Å². The number of nitrogens with zero attached hydrogens (tertiary/aromatic N) is 2. The van der Waals surface area contributed by atoms with Crippen molar-refractivity contribution in [3.63, 3.8) is 0 Å². The fraction of sp³-hybridized carbons (Fsp3) is 0. The van der Waals surface area contributed by atoms with E-state index in [-0.39, 0.29) is 5.82 Å². The lowest BCUT2D eigenvalue weighted by Gasteiger charge is -2.13. The Bertz CT molecular complexity index is 1050. The summed E-state index contributed by atoms with van der Waals surface area (Å²) in [6, 6.07) is 18.6. The Kier molecular flexibility index (Phi) is 3.90. The van der Waals surface area contributed by atoms with Crippen molar-refractivity contribution < 1.29 is 4.39 Å². The van der Waals surface area contributed by atoms with Gasteiger partial charge in [0.05, 0.1) is 16.9 Å². The third-order valence-electron chi connectivity index (χ3n) is 4.07. The summed E-state index contributed by atoms with van der Waals surface area (Å²) in [5.41, 5.74) is 4.72. The van der Waals surface area contributed by atoms with Crippen LogP contribution in [0.4, 0.5) is 15.8 Å². The molecule has 3 nitrogen and oxygen atoms in total. The molecule has 120 valence electrons. The zero-order valence-corrected chi connectivity index (χ0v) is 13.7. The third kappa shape index (κ3) is 3.09. The summed E-state index contributed by atoms with van der Waals surface area (Å²) < 4.78 is 14.3. The van der Waals surface area contributed by atoms with Gasteiger partial charge < -0.3 is 5.32 Å². The van der Waals surface area contributed by atoms with Crippen LogP contribution in [0.3, 0.4) is 0 Å². The molecule has 0 spiro atoms. The van der Waals surface area contributed by atoms with Gasteiger partial charge in [0.1, 0.15) is 13.7 Å². The first-order valence-electron chi connectivity index (χ1n) is 8.04. The van der Waals surface area contributed by atoms with Crippen LogP contribution in [-0.4, -0.2) is 17.8 Å². The molecule has 2 aromatic heterocycles. The first kappa shape index (κ1) is 15.3. The van der Waals surface area contributed by atoms with E-state index in [9.17, 15) is 4.39 Å². The predicted octanol–water partition coefficient (Wildman–Crippen LogP) is 3.44. The average Bonchev–Trinajstić information content (AvgIpc) is 2.64. The van der Waals surface area contributed by atoms with E-state index in [4.69, 9.17) is 0 Å². The maximum Gasteiger partial charge on any atom is 0.139 e. The monoisotopic (exact) mass is 327 g/mol. The molecule has 0 atom stereocenters. The first-order valence-corrected chi connectivity index (χ1v) is 8.04. The van der Waals surface area contributed by atoms with Crippen LogP contribution in [0.5, 0.6) is 0 Å². The molecule has 0 amide bonds. The van der Waals surface area contributed by atoms with E-state index in [1.165, 1.54) is 6.07 Å². The van der Waals surface area contributed by atoms with Crippen molar-refractivity contribution in [3.8, 4) is 11.3 Å². The quantitative estimate of drug-likeness (QED) is 0.586. The van der Waals surface area contributed by atoms with E-state index in [1.54, 1.807) is 18.5 Å². The van der Waals surface area contributed by atoms with Crippen LogP contribution < -0.4 is 10.8 Å². The molecule has 0 saturated heterocycles. The predicted molar refractivity (Wildman–Crippen MR) is 103 cm³/mol. The molecule has 0 radical (unpaired) electrons. The van der Waals surface area contributed by atoms with Crippen LogP contribution in [0, 0.1) is 5.82 Å². The Morgan fingerprint density at radius 2 is 1.72 bits per heavy atom. The molecule has 0 aliphatic rings. The first-order chi connectivity index (χ1) is 12.2. The molecule has 2 heterocycles. The van der Waals surface area contributed by atoms with Gasteiger partial charge in [0.15, 0.2) is 0 Å². The molecular weight excluding hydrogens is 312 g/mol. The maximum absolute atomic E-state index is 14.3. The number of fused-ring (bicyclic) bond motifs is 1. The smallest absolute Gasteiger partial charge is 0.139 e. The van der Waals surface area contributed by atoms with Crippen molar-refractivity contribution in [2.75, 3.05) is 5.32 Å². The molecule has 0 bridgehead atoms. The summed E-state index contributed by atoms with van der Waals surface area (Å²) in [6.07, 6.45) is 3.46. The molecule has 0 aliphatic heterocycles. The summed E-state index contributed by atoms with van der Waals surface area (Å²) in [7, 11) is 1.94. The minimum Gasteiger partial charge on any atom is -0.355 e. The van der Waals surface area contributed by atoms with Crippen molar-refractivity contribution in [1.82, 2.24) is 9.97 Å². The number of anilines is 2. The van der Waals surface area contributed by atoms with Crippen LogP contribution in [0.2, 0.25) is 0 Å². The molecule has 0 aliphatic carbocycles. The van der Waals surface area contributed by atoms with Crippen LogP contribution >= 0.6 is 0 Å². The van der Waals surface area contributed by atoms with E-state index in [0.717, 1.165) is 27.7 Å². The van der Waals surface area contributed by atoms with Gasteiger partial charge in [-0.15, -0.1) is 0 Å². The number of para-hydroxylation sites is 1. The number of hydrogen-bond donors (Lipinski definition) is 1. The van der Waals surface area contributed by atoms with Gasteiger partial charge in [0.2, 0.25) is 0 Å². The van der Waals surface area contributed by atoms with E-state index >= 15 is 0 Å². The van der Waals surface area contributed by atoms with Crippen LogP contribution in [0.25, 0.3) is 22.2 Å². The van der Waals surface area contributed by atoms with E-state index in [0.29, 0.717) is 11.3 Å². The van der Waals surface area contributed by atoms with Gasteiger partial charge >= 0.3 is 0 Å². The molecule has 4 rings (SSSR count). The van der Waals surface area contributed by atoms with Crippen LogP contribution in [-0.2, 0) is 0 Å². The van der Waals surface area contributed by atoms with E-state index in [1.807, 2.05) is 56.4 Å².